The molecule has 0 bridgehead atoms. The molecule has 1 aromatic rings. The predicted molar refractivity (Wildman–Crippen MR) is 87.3 cm³/mol. The van der Waals surface area contributed by atoms with Gasteiger partial charge < -0.3 is 20.1 Å². The fourth-order valence-corrected chi connectivity index (χ4v) is 2.63. The monoisotopic (exact) mass is 303 g/mol. The number of ether oxygens (including phenoxy) is 2. The Hall–Kier alpha value is -1.75. The fourth-order valence-electron chi connectivity index (χ4n) is 2.63. The highest BCUT2D eigenvalue weighted by Crippen LogP contribution is 2.31. The highest BCUT2D eigenvalue weighted by molar-refractivity contribution is 5.80. The standard InChI is InChI=1S/C17H25N3O2/c1-18-17(19-9-11-21-12-13-6-7-13)20-15-8-10-22-16-5-3-2-4-14(15)16/h2-5,13,15H,6-12H2,1H3,(H2,18,19,20). The van der Waals surface area contributed by atoms with Crippen LogP contribution in [0.15, 0.2) is 29.3 Å². The lowest BCUT2D eigenvalue weighted by atomic mass is 10.0. The summed E-state index contributed by atoms with van der Waals surface area (Å²) in [4.78, 5) is 4.30. The third-order valence-electron chi connectivity index (χ3n) is 4.08. The van der Waals surface area contributed by atoms with Crippen LogP contribution in [0.3, 0.4) is 0 Å². The molecule has 5 heteroatoms. The molecule has 1 saturated carbocycles. The third-order valence-corrected chi connectivity index (χ3v) is 4.08. The van der Waals surface area contributed by atoms with Gasteiger partial charge in [-0.2, -0.15) is 0 Å². The molecule has 3 rings (SSSR count). The second-order valence-electron chi connectivity index (χ2n) is 5.89. The molecule has 0 radical (unpaired) electrons. The van der Waals surface area contributed by atoms with E-state index in [1.807, 2.05) is 18.2 Å². The van der Waals surface area contributed by atoms with E-state index in [4.69, 9.17) is 9.47 Å². The summed E-state index contributed by atoms with van der Waals surface area (Å²) in [6.07, 6.45) is 3.61. The van der Waals surface area contributed by atoms with Crippen molar-refractivity contribution in [1.82, 2.24) is 10.6 Å². The molecular weight excluding hydrogens is 278 g/mol. The number of fused-ring (bicyclic) bond motifs is 1. The van der Waals surface area contributed by atoms with Crippen LogP contribution >= 0.6 is 0 Å². The Labute approximate surface area is 132 Å². The molecular formula is C17H25N3O2. The Bertz CT molecular complexity index is 514. The molecule has 0 aromatic heterocycles. The van der Waals surface area contributed by atoms with Crippen LogP contribution in [0, 0.1) is 5.92 Å². The second-order valence-corrected chi connectivity index (χ2v) is 5.89. The fraction of sp³-hybridized carbons (Fsp3) is 0.588. The molecule has 1 aliphatic heterocycles. The summed E-state index contributed by atoms with van der Waals surface area (Å²) in [5.74, 6) is 2.60. The first-order valence-corrected chi connectivity index (χ1v) is 8.13. The van der Waals surface area contributed by atoms with Crippen LogP contribution in [0.25, 0.3) is 0 Å². The van der Waals surface area contributed by atoms with E-state index in [9.17, 15) is 0 Å². The first-order valence-electron chi connectivity index (χ1n) is 8.13. The van der Waals surface area contributed by atoms with E-state index < -0.39 is 0 Å². The van der Waals surface area contributed by atoms with Gasteiger partial charge in [0.15, 0.2) is 5.96 Å². The molecule has 0 amide bonds. The maximum Gasteiger partial charge on any atom is 0.191 e. The predicted octanol–water partition coefficient (Wildman–Crippen LogP) is 2.10. The number of para-hydroxylation sites is 1. The molecule has 2 aliphatic rings. The van der Waals surface area contributed by atoms with Crippen molar-refractivity contribution in [3.05, 3.63) is 29.8 Å². The van der Waals surface area contributed by atoms with Gasteiger partial charge in [-0.05, 0) is 24.8 Å². The van der Waals surface area contributed by atoms with Crippen molar-refractivity contribution in [3.8, 4) is 5.75 Å². The second kappa shape index (κ2) is 7.49. The van der Waals surface area contributed by atoms with Gasteiger partial charge in [0, 0.05) is 32.2 Å². The zero-order valence-corrected chi connectivity index (χ0v) is 13.2. The van der Waals surface area contributed by atoms with Gasteiger partial charge in [-0.3, -0.25) is 4.99 Å². The van der Waals surface area contributed by atoms with Crippen LogP contribution in [-0.2, 0) is 4.74 Å². The summed E-state index contributed by atoms with van der Waals surface area (Å²) < 4.78 is 11.3. The summed E-state index contributed by atoms with van der Waals surface area (Å²) in [7, 11) is 1.80. The van der Waals surface area contributed by atoms with Gasteiger partial charge in [-0.1, -0.05) is 18.2 Å². The zero-order valence-electron chi connectivity index (χ0n) is 13.2. The molecule has 1 heterocycles. The maximum absolute atomic E-state index is 5.69. The minimum Gasteiger partial charge on any atom is -0.493 e. The molecule has 1 aliphatic carbocycles. The molecule has 22 heavy (non-hydrogen) atoms. The zero-order chi connectivity index (χ0) is 15.2. The molecule has 0 spiro atoms. The van der Waals surface area contributed by atoms with Crippen LogP contribution in [-0.4, -0.2) is 39.4 Å². The van der Waals surface area contributed by atoms with Crippen molar-refractivity contribution < 1.29 is 9.47 Å². The van der Waals surface area contributed by atoms with E-state index in [0.717, 1.165) is 50.4 Å². The minimum absolute atomic E-state index is 0.239. The van der Waals surface area contributed by atoms with E-state index in [0.29, 0.717) is 0 Å². The van der Waals surface area contributed by atoms with Crippen molar-refractivity contribution in [1.29, 1.82) is 0 Å². The number of nitrogens with one attached hydrogen (secondary N) is 2. The topological polar surface area (TPSA) is 54.9 Å². The normalized spacial score (nSPS) is 21.0. The maximum atomic E-state index is 5.69. The number of benzene rings is 1. The van der Waals surface area contributed by atoms with Crippen LogP contribution in [0.5, 0.6) is 5.75 Å². The Morgan fingerprint density at radius 1 is 1.32 bits per heavy atom. The third kappa shape index (κ3) is 4.13. The van der Waals surface area contributed by atoms with Crippen molar-refractivity contribution in [2.75, 3.05) is 33.4 Å². The number of guanidine groups is 1. The summed E-state index contributed by atoms with van der Waals surface area (Å²) in [6.45, 7) is 3.13. The quantitative estimate of drug-likeness (QED) is 0.480. The Morgan fingerprint density at radius 2 is 2.18 bits per heavy atom. The Kier molecular flexibility index (Phi) is 5.16. The summed E-state index contributed by atoms with van der Waals surface area (Å²) in [5, 5.41) is 6.79. The lowest BCUT2D eigenvalue weighted by Gasteiger charge is -2.28. The van der Waals surface area contributed by atoms with Gasteiger partial charge >= 0.3 is 0 Å². The number of aliphatic imine (C=N–C) groups is 1. The molecule has 120 valence electrons. The molecule has 1 atom stereocenters. The molecule has 1 aromatic carbocycles. The van der Waals surface area contributed by atoms with E-state index in [1.165, 1.54) is 18.4 Å². The summed E-state index contributed by atoms with van der Waals surface area (Å²) in [5.41, 5.74) is 1.20. The van der Waals surface area contributed by atoms with Crippen molar-refractivity contribution in [2.45, 2.75) is 25.3 Å². The van der Waals surface area contributed by atoms with Gasteiger partial charge in [0.2, 0.25) is 0 Å². The molecule has 1 unspecified atom stereocenters. The number of rotatable bonds is 6. The van der Waals surface area contributed by atoms with Gasteiger partial charge in [0.05, 0.1) is 19.3 Å². The molecule has 1 fully saturated rings. The highest BCUT2D eigenvalue weighted by atomic mass is 16.5. The van der Waals surface area contributed by atoms with Crippen LogP contribution in [0.2, 0.25) is 0 Å². The van der Waals surface area contributed by atoms with Gasteiger partial charge in [-0.25, -0.2) is 0 Å². The smallest absolute Gasteiger partial charge is 0.191 e. The Balaban J connectivity index is 1.46. The van der Waals surface area contributed by atoms with E-state index in [2.05, 4.69) is 21.7 Å². The lowest BCUT2D eigenvalue weighted by molar-refractivity contribution is 0.129. The molecule has 2 N–H and O–H groups in total. The average molecular weight is 303 g/mol. The van der Waals surface area contributed by atoms with Crippen LogP contribution in [0.1, 0.15) is 30.9 Å². The number of hydrogen-bond donors (Lipinski definition) is 2. The van der Waals surface area contributed by atoms with Crippen molar-refractivity contribution in [2.24, 2.45) is 10.9 Å². The van der Waals surface area contributed by atoms with Gasteiger partial charge in [-0.15, -0.1) is 0 Å². The number of hydrogen-bond acceptors (Lipinski definition) is 3. The van der Waals surface area contributed by atoms with Gasteiger partial charge in [0.1, 0.15) is 5.75 Å². The van der Waals surface area contributed by atoms with Crippen molar-refractivity contribution in [3.63, 3.8) is 0 Å². The van der Waals surface area contributed by atoms with Crippen LogP contribution in [0.4, 0.5) is 0 Å². The highest BCUT2D eigenvalue weighted by Gasteiger charge is 2.22. The van der Waals surface area contributed by atoms with Crippen LogP contribution < -0.4 is 15.4 Å². The molecule has 5 nitrogen and oxygen atoms in total. The summed E-state index contributed by atoms with van der Waals surface area (Å²) in [6, 6.07) is 8.42. The Morgan fingerprint density at radius 3 is 3.00 bits per heavy atom. The van der Waals surface area contributed by atoms with E-state index in [1.54, 1.807) is 7.05 Å². The number of nitrogens with zero attached hydrogens (tertiary/aromatic N) is 1. The van der Waals surface area contributed by atoms with Gasteiger partial charge in [0.25, 0.3) is 0 Å². The van der Waals surface area contributed by atoms with E-state index >= 15 is 0 Å². The average Bonchev–Trinajstić information content (AvgIpc) is 3.38. The first kappa shape index (κ1) is 15.2. The van der Waals surface area contributed by atoms with E-state index in [-0.39, 0.29) is 6.04 Å². The SMILES string of the molecule is CN=C(NCCOCC1CC1)NC1CCOc2ccccc21. The first-order chi connectivity index (χ1) is 10.9. The molecule has 0 saturated heterocycles. The summed E-state index contributed by atoms with van der Waals surface area (Å²) >= 11 is 0. The largest absolute Gasteiger partial charge is 0.493 e. The minimum atomic E-state index is 0.239. The lowest BCUT2D eigenvalue weighted by Crippen LogP contribution is -2.42. The van der Waals surface area contributed by atoms with Crippen molar-refractivity contribution >= 4 is 5.96 Å².